The summed E-state index contributed by atoms with van der Waals surface area (Å²) >= 11 is 0. The van der Waals surface area contributed by atoms with Gasteiger partial charge in [-0.3, -0.25) is 9.59 Å². The molecule has 1 saturated carbocycles. The number of nitrogens with two attached hydrogens (primary N) is 1. The normalized spacial score (nSPS) is 17.6. The van der Waals surface area contributed by atoms with Crippen molar-refractivity contribution in [2.75, 3.05) is 12.4 Å². The molecule has 7 heteroatoms. The van der Waals surface area contributed by atoms with Crippen LogP contribution in [0.25, 0.3) is 22.4 Å². The lowest BCUT2D eigenvalue weighted by atomic mass is 9.83. The van der Waals surface area contributed by atoms with Gasteiger partial charge >= 0.3 is 0 Å². The quantitative estimate of drug-likeness (QED) is 0.374. The molecule has 0 radical (unpaired) electrons. The van der Waals surface area contributed by atoms with Crippen molar-refractivity contribution in [3.05, 3.63) is 66.2 Å². The lowest BCUT2D eigenvalue weighted by molar-refractivity contribution is -0.136. The van der Waals surface area contributed by atoms with E-state index in [0.29, 0.717) is 18.2 Å². The molecule has 1 aliphatic rings. The minimum atomic E-state index is -0.429. The van der Waals surface area contributed by atoms with E-state index in [-0.39, 0.29) is 23.8 Å². The molecule has 4 rings (SSSR count). The number of nitrogens with zero attached hydrogens (tertiary/aromatic N) is 3. The third-order valence-electron chi connectivity index (χ3n) is 7.73. The van der Waals surface area contributed by atoms with Gasteiger partial charge in [0.05, 0.1) is 0 Å². The Kier molecular flexibility index (Phi) is 8.80. The zero-order valence-corrected chi connectivity index (χ0v) is 23.8. The molecule has 1 fully saturated rings. The van der Waals surface area contributed by atoms with Crippen LogP contribution in [0.1, 0.15) is 65.4 Å². The Morgan fingerprint density at radius 1 is 0.974 bits per heavy atom. The van der Waals surface area contributed by atoms with Crippen LogP contribution in [0.4, 0.5) is 5.82 Å². The van der Waals surface area contributed by atoms with Gasteiger partial charge in [-0.15, -0.1) is 10.2 Å². The summed E-state index contributed by atoms with van der Waals surface area (Å²) in [7, 11) is 1.90. The number of carbonyl (C=O) groups is 2. The number of anilines is 1. The number of aromatic nitrogens is 2. The second-order valence-corrected chi connectivity index (χ2v) is 11.7. The molecule has 1 aromatic heterocycles. The van der Waals surface area contributed by atoms with Gasteiger partial charge in [-0.25, -0.2) is 0 Å². The van der Waals surface area contributed by atoms with E-state index < -0.39 is 5.54 Å². The lowest BCUT2D eigenvalue weighted by Crippen LogP contribution is -2.41. The Morgan fingerprint density at radius 3 is 2.21 bits per heavy atom. The van der Waals surface area contributed by atoms with E-state index in [1.807, 2.05) is 100 Å². The molecule has 0 spiro atoms. The average Bonchev–Trinajstić information content (AvgIpc) is 2.92. The maximum atomic E-state index is 13.0. The first-order chi connectivity index (χ1) is 18.5. The topological polar surface area (TPSA) is 101 Å². The highest BCUT2D eigenvalue weighted by molar-refractivity contribution is 5.91. The number of amides is 2. The monoisotopic (exact) mass is 527 g/mol. The second-order valence-electron chi connectivity index (χ2n) is 11.7. The van der Waals surface area contributed by atoms with Crippen LogP contribution < -0.4 is 11.1 Å². The molecular formula is C32H41N5O2. The molecule has 3 N–H and O–H groups in total. The van der Waals surface area contributed by atoms with Gasteiger partial charge in [0, 0.05) is 42.1 Å². The summed E-state index contributed by atoms with van der Waals surface area (Å²) in [5, 5.41) is 11.9. The molecule has 0 atom stereocenters. The number of carbonyl (C=O) groups excluding carboxylic acids is 2. The summed E-state index contributed by atoms with van der Waals surface area (Å²) in [5.41, 5.74) is 10.5. The predicted octanol–water partition coefficient (Wildman–Crippen LogP) is 6.01. The van der Waals surface area contributed by atoms with Crippen LogP contribution in [0.2, 0.25) is 0 Å². The second kappa shape index (κ2) is 12.1. The third-order valence-corrected chi connectivity index (χ3v) is 7.73. The molecule has 1 heterocycles. The van der Waals surface area contributed by atoms with E-state index in [0.717, 1.165) is 53.6 Å². The summed E-state index contributed by atoms with van der Waals surface area (Å²) in [6.45, 7) is 7.83. The van der Waals surface area contributed by atoms with Gasteiger partial charge in [0.25, 0.3) is 0 Å². The summed E-state index contributed by atoms with van der Waals surface area (Å²) < 4.78 is 0. The molecule has 3 aromatic rings. The standard InChI is InChI=1S/C32H41N5O2/c1-21(2)31(39)37(5)26-17-11-22(12-18-26)19-29(38)34-28-20-27(23-9-7-6-8-10-23)30(36-35-28)24-13-15-25(16-14-24)32(3,4)33/h6-10,13-16,20-22,26H,11-12,17-19,33H2,1-5H3,(H,34,35,38)/t22-,26-. The number of hydrogen-bond acceptors (Lipinski definition) is 5. The minimum Gasteiger partial charge on any atom is -0.343 e. The van der Waals surface area contributed by atoms with Gasteiger partial charge in [-0.05, 0) is 62.6 Å². The van der Waals surface area contributed by atoms with Crippen molar-refractivity contribution in [3.8, 4) is 22.4 Å². The molecule has 206 valence electrons. The van der Waals surface area contributed by atoms with Crippen molar-refractivity contribution >= 4 is 17.6 Å². The van der Waals surface area contributed by atoms with Crippen molar-refractivity contribution in [2.24, 2.45) is 17.6 Å². The first-order valence-electron chi connectivity index (χ1n) is 13.9. The predicted molar refractivity (Wildman–Crippen MR) is 157 cm³/mol. The first-order valence-corrected chi connectivity index (χ1v) is 13.9. The van der Waals surface area contributed by atoms with Gasteiger partial charge in [0.1, 0.15) is 5.69 Å². The molecule has 7 nitrogen and oxygen atoms in total. The highest BCUT2D eigenvalue weighted by atomic mass is 16.2. The van der Waals surface area contributed by atoms with Crippen LogP contribution in [0, 0.1) is 11.8 Å². The first kappa shape index (κ1) is 28.4. The van der Waals surface area contributed by atoms with Gasteiger partial charge in [0.2, 0.25) is 11.8 Å². The molecule has 0 aliphatic heterocycles. The Bertz CT molecular complexity index is 1270. The van der Waals surface area contributed by atoms with E-state index in [2.05, 4.69) is 15.5 Å². The zero-order valence-electron chi connectivity index (χ0n) is 23.8. The summed E-state index contributed by atoms with van der Waals surface area (Å²) in [5.74, 6) is 0.879. The lowest BCUT2D eigenvalue weighted by Gasteiger charge is -2.35. The third kappa shape index (κ3) is 7.09. The van der Waals surface area contributed by atoms with Gasteiger partial charge in [-0.1, -0.05) is 68.4 Å². The van der Waals surface area contributed by atoms with Crippen LogP contribution >= 0.6 is 0 Å². The molecule has 0 unspecified atom stereocenters. The van der Waals surface area contributed by atoms with Crippen molar-refractivity contribution in [3.63, 3.8) is 0 Å². The minimum absolute atomic E-state index is 0.00391. The van der Waals surface area contributed by atoms with Crippen molar-refractivity contribution < 1.29 is 9.59 Å². The van der Waals surface area contributed by atoms with Crippen molar-refractivity contribution in [1.29, 1.82) is 0 Å². The van der Waals surface area contributed by atoms with Crippen LogP contribution in [0.15, 0.2) is 60.7 Å². The number of rotatable bonds is 8. The van der Waals surface area contributed by atoms with E-state index in [1.165, 1.54) is 0 Å². The largest absolute Gasteiger partial charge is 0.343 e. The molecule has 1 aliphatic carbocycles. The summed E-state index contributed by atoms with van der Waals surface area (Å²) in [4.78, 5) is 27.2. The number of nitrogens with one attached hydrogen (secondary N) is 1. The van der Waals surface area contributed by atoms with E-state index in [1.54, 1.807) is 0 Å². The fraction of sp³-hybridized carbons (Fsp3) is 0.438. The Hall–Kier alpha value is -3.58. The fourth-order valence-corrected chi connectivity index (χ4v) is 5.34. The van der Waals surface area contributed by atoms with Gasteiger partial charge in [-0.2, -0.15) is 0 Å². The molecular weight excluding hydrogens is 486 g/mol. The average molecular weight is 528 g/mol. The van der Waals surface area contributed by atoms with E-state index >= 15 is 0 Å². The maximum Gasteiger partial charge on any atom is 0.225 e. The molecule has 39 heavy (non-hydrogen) atoms. The SMILES string of the molecule is CC(C)C(=O)N(C)[C@H]1CC[C@H](CC(=O)Nc2cc(-c3ccccc3)c(-c3ccc(C(C)(C)N)cc3)nn2)CC1. The number of hydrogen-bond donors (Lipinski definition) is 2. The fourth-order valence-electron chi connectivity index (χ4n) is 5.34. The highest BCUT2D eigenvalue weighted by Gasteiger charge is 2.28. The smallest absolute Gasteiger partial charge is 0.225 e. The van der Waals surface area contributed by atoms with Crippen LogP contribution in [0.5, 0.6) is 0 Å². The highest BCUT2D eigenvalue weighted by Crippen LogP contribution is 2.33. The van der Waals surface area contributed by atoms with Crippen LogP contribution in [-0.2, 0) is 15.1 Å². The molecule has 2 amide bonds. The number of benzene rings is 2. The molecule has 0 saturated heterocycles. The van der Waals surface area contributed by atoms with Crippen LogP contribution in [0.3, 0.4) is 0 Å². The van der Waals surface area contributed by atoms with E-state index in [4.69, 9.17) is 5.73 Å². The van der Waals surface area contributed by atoms with E-state index in [9.17, 15) is 9.59 Å². The van der Waals surface area contributed by atoms with Crippen molar-refractivity contribution in [2.45, 2.75) is 71.4 Å². The van der Waals surface area contributed by atoms with Gasteiger partial charge < -0.3 is 16.0 Å². The molecule has 2 aromatic carbocycles. The Labute approximate surface area is 232 Å². The van der Waals surface area contributed by atoms with Crippen LogP contribution in [-0.4, -0.2) is 40.0 Å². The maximum absolute atomic E-state index is 13.0. The zero-order chi connectivity index (χ0) is 28.2. The van der Waals surface area contributed by atoms with Crippen molar-refractivity contribution in [1.82, 2.24) is 15.1 Å². The Morgan fingerprint density at radius 2 is 1.62 bits per heavy atom. The van der Waals surface area contributed by atoms with Gasteiger partial charge in [0.15, 0.2) is 5.82 Å². The molecule has 0 bridgehead atoms. The Balaban J connectivity index is 1.46. The summed E-state index contributed by atoms with van der Waals surface area (Å²) in [6, 6.07) is 20.2. The summed E-state index contributed by atoms with van der Waals surface area (Å²) in [6.07, 6.45) is 4.17.